The molecule has 2 aromatic rings. The first-order chi connectivity index (χ1) is 7.38. The first-order valence-corrected chi connectivity index (χ1v) is 5.30. The van der Waals surface area contributed by atoms with Crippen LogP contribution in [0.25, 0.3) is 11.1 Å². The lowest BCUT2D eigenvalue weighted by Gasteiger charge is -2.11. The molecule has 0 spiro atoms. The highest BCUT2D eigenvalue weighted by Gasteiger charge is 2.21. The predicted octanol–water partition coefficient (Wildman–Crippen LogP) is 3.33. The number of nitrogens with zero attached hydrogens (tertiary/aromatic N) is 1. The van der Waals surface area contributed by atoms with Crippen molar-refractivity contribution < 1.29 is 9.21 Å². The Hall–Kier alpha value is -1.64. The Morgan fingerprint density at radius 1 is 1.31 bits per heavy atom. The van der Waals surface area contributed by atoms with Gasteiger partial charge in [0.2, 0.25) is 5.89 Å². The Bertz CT molecular complexity index is 547. The molecule has 0 unspecified atom stereocenters. The van der Waals surface area contributed by atoms with Gasteiger partial charge in [-0.05, 0) is 25.1 Å². The molecule has 84 valence electrons. The number of Topliss-reactive ketones (excluding diaryl/α,β-unsaturated/α-hetero) is 1. The average Bonchev–Trinajstić information content (AvgIpc) is 2.58. The van der Waals surface area contributed by atoms with Crippen LogP contribution >= 0.6 is 0 Å². The van der Waals surface area contributed by atoms with Crippen molar-refractivity contribution in [2.45, 2.75) is 33.1 Å². The minimum atomic E-state index is -0.116. The monoisotopic (exact) mass is 217 g/mol. The summed E-state index contributed by atoms with van der Waals surface area (Å²) in [5, 5.41) is 0. The van der Waals surface area contributed by atoms with E-state index in [1.165, 1.54) is 0 Å². The summed E-state index contributed by atoms with van der Waals surface area (Å²) < 4.78 is 5.64. The standard InChI is InChI=1S/C13H15NO2/c1-8(15)9-5-6-11-10(7-9)14-12(16-11)13(2,3)4/h5-7H,1-4H3. The van der Waals surface area contributed by atoms with E-state index in [0.29, 0.717) is 11.5 Å². The second-order valence-corrected chi connectivity index (χ2v) is 5.01. The molecule has 3 heteroatoms. The number of benzene rings is 1. The largest absolute Gasteiger partial charge is 0.440 e. The Kier molecular flexibility index (Phi) is 2.34. The SMILES string of the molecule is CC(=O)c1ccc2oc(C(C)(C)C)nc2c1. The summed E-state index contributed by atoms with van der Waals surface area (Å²) in [6.45, 7) is 7.68. The highest BCUT2D eigenvalue weighted by Crippen LogP contribution is 2.26. The van der Waals surface area contributed by atoms with Crippen molar-refractivity contribution in [2.24, 2.45) is 0 Å². The summed E-state index contributed by atoms with van der Waals surface area (Å²) in [6.07, 6.45) is 0. The second kappa shape index (κ2) is 3.44. The number of carbonyl (C=O) groups is 1. The number of ketones is 1. The van der Waals surface area contributed by atoms with E-state index in [9.17, 15) is 4.79 Å². The highest BCUT2D eigenvalue weighted by molar-refractivity contribution is 5.96. The van der Waals surface area contributed by atoms with E-state index >= 15 is 0 Å². The van der Waals surface area contributed by atoms with Gasteiger partial charge in [-0.1, -0.05) is 20.8 Å². The molecule has 0 saturated carbocycles. The molecular weight excluding hydrogens is 202 g/mol. The molecule has 16 heavy (non-hydrogen) atoms. The third-order valence-electron chi connectivity index (χ3n) is 2.44. The van der Waals surface area contributed by atoms with Crippen LogP contribution in [0.4, 0.5) is 0 Å². The molecule has 1 aromatic carbocycles. The van der Waals surface area contributed by atoms with Gasteiger partial charge >= 0.3 is 0 Å². The van der Waals surface area contributed by atoms with Crippen LogP contribution in [0, 0.1) is 0 Å². The minimum absolute atomic E-state index is 0.0437. The molecule has 3 nitrogen and oxygen atoms in total. The van der Waals surface area contributed by atoms with E-state index in [0.717, 1.165) is 11.1 Å². The third-order valence-corrected chi connectivity index (χ3v) is 2.44. The molecule has 0 saturated heterocycles. The lowest BCUT2D eigenvalue weighted by Crippen LogP contribution is -2.10. The first kappa shape index (κ1) is 10.9. The van der Waals surface area contributed by atoms with E-state index < -0.39 is 0 Å². The Morgan fingerprint density at radius 2 is 2.00 bits per heavy atom. The topological polar surface area (TPSA) is 43.1 Å². The van der Waals surface area contributed by atoms with Crippen LogP contribution < -0.4 is 0 Å². The molecule has 0 radical (unpaired) electrons. The normalized spacial score (nSPS) is 12.0. The number of aromatic nitrogens is 1. The molecule has 0 aliphatic heterocycles. The van der Waals surface area contributed by atoms with Gasteiger partial charge in [0.15, 0.2) is 11.4 Å². The maximum absolute atomic E-state index is 11.2. The molecule has 0 N–H and O–H groups in total. The van der Waals surface area contributed by atoms with Gasteiger partial charge < -0.3 is 4.42 Å². The van der Waals surface area contributed by atoms with Gasteiger partial charge in [-0.15, -0.1) is 0 Å². The van der Waals surface area contributed by atoms with Gasteiger partial charge in [0, 0.05) is 11.0 Å². The van der Waals surface area contributed by atoms with Crippen molar-refractivity contribution in [3.05, 3.63) is 29.7 Å². The molecule has 0 fully saturated rings. The van der Waals surface area contributed by atoms with Crippen LogP contribution in [0.15, 0.2) is 22.6 Å². The molecule has 0 aliphatic carbocycles. The summed E-state index contributed by atoms with van der Waals surface area (Å²) in [4.78, 5) is 15.6. The fourth-order valence-electron chi connectivity index (χ4n) is 1.47. The molecule has 0 bridgehead atoms. The Morgan fingerprint density at radius 3 is 2.56 bits per heavy atom. The molecular formula is C13H15NO2. The molecule has 0 atom stereocenters. The van der Waals surface area contributed by atoms with Gasteiger partial charge in [-0.3, -0.25) is 4.79 Å². The number of rotatable bonds is 1. The molecule has 0 amide bonds. The van der Waals surface area contributed by atoms with E-state index in [-0.39, 0.29) is 11.2 Å². The number of carbonyl (C=O) groups excluding carboxylic acids is 1. The minimum Gasteiger partial charge on any atom is -0.440 e. The van der Waals surface area contributed by atoms with Gasteiger partial charge in [0.1, 0.15) is 5.52 Å². The molecule has 1 aromatic heterocycles. The highest BCUT2D eigenvalue weighted by atomic mass is 16.3. The third kappa shape index (κ3) is 1.85. The van der Waals surface area contributed by atoms with Crippen molar-refractivity contribution in [3.63, 3.8) is 0 Å². The van der Waals surface area contributed by atoms with Gasteiger partial charge in [0.05, 0.1) is 0 Å². The van der Waals surface area contributed by atoms with Gasteiger partial charge in [-0.25, -0.2) is 4.98 Å². The maximum atomic E-state index is 11.2. The molecule has 0 aliphatic rings. The summed E-state index contributed by atoms with van der Waals surface area (Å²) in [5.74, 6) is 0.741. The zero-order chi connectivity index (χ0) is 11.9. The molecule has 1 heterocycles. The quantitative estimate of drug-likeness (QED) is 0.688. The van der Waals surface area contributed by atoms with Crippen molar-refractivity contribution in [3.8, 4) is 0 Å². The van der Waals surface area contributed by atoms with Gasteiger partial charge in [-0.2, -0.15) is 0 Å². The zero-order valence-corrected chi connectivity index (χ0v) is 10.00. The number of hydrogen-bond acceptors (Lipinski definition) is 3. The number of fused-ring (bicyclic) bond motifs is 1. The van der Waals surface area contributed by atoms with E-state index in [4.69, 9.17) is 4.42 Å². The fraction of sp³-hybridized carbons (Fsp3) is 0.385. The summed E-state index contributed by atoms with van der Waals surface area (Å²) in [7, 11) is 0. The van der Waals surface area contributed by atoms with Crippen LogP contribution in [0.2, 0.25) is 0 Å². The van der Waals surface area contributed by atoms with Crippen LogP contribution in [0.1, 0.15) is 43.9 Å². The predicted molar refractivity (Wildman–Crippen MR) is 62.7 cm³/mol. The first-order valence-electron chi connectivity index (χ1n) is 5.30. The average molecular weight is 217 g/mol. The van der Waals surface area contributed by atoms with E-state index in [2.05, 4.69) is 4.98 Å². The lowest BCUT2D eigenvalue weighted by molar-refractivity contribution is 0.101. The van der Waals surface area contributed by atoms with E-state index in [1.54, 1.807) is 25.1 Å². The number of oxazole rings is 1. The van der Waals surface area contributed by atoms with Crippen LogP contribution in [0.3, 0.4) is 0 Å². The Balaban J connectivity index is 2.59. The Labute approximate surface area is 94.5 Å². The van der Waals surface area contributed by atoms with E-state index in [1.807, 2.05) is 20.8 Å². The van der Waals surface area contributed by atoms with Crippen LogP contribution in [-0.4, -0.2) is 10.8 Å². The lowest BCUT2D eigenvalue weighted by atomic mass is 9.97. The smallest absolute Gasteiger partial charge is 0.200 e. The van der Waals surface area contributed by atoms with Crippen molar-refractivity contribution in [2.75, 3.05) is 0 Å². The number of hydrogen-bond donors (Lipinski definition) is 0. The summed E-state index contributed by atoms with van der Waals surface area (Å²) in [5.41, 5.74) is 2.03. The maximum Gasteiger partial charge on any atom is 0.200 e. The second-order valence-electron chi connectivity index (χ2n) is 5.01. The van der Waals surface area contributed by atoms with Crippen LogP contribution in [0.5, 0.6) is 0 Å². The van der Waals surface area contributed by atoms with Crippen LogP contribution in [-0.2, 0) is 5.41 Å². The summed E-state index contributed by atoms with van der Waals surface area (Å²) >= 11 is 0. The van der Waals surface area contributed by atoms with Crippen molar-refractivity contribution >= 4 is 16.9 Å². The van der Waals surface area contributed by atoms with Crippen molar-refractivity contribution in [1.29, 1.82) is 0 Å². The summed E-state index contributed by atoms with van der Waals surface area (Å²) in [6, 6.07) is 5.34. The zero-order valence-electron chi connectivity index (χ0n) is 10.00. The fourth-order valence-corrected chi connectivity index (χ4v) is 1.47. The van der Waals surface area contributed by atoms with Crippen molar-refractivity contribution in [1.82, 2.24) is 4.98 Å². The van der Waals surface area contributed by atoms with Gasteiger partial charge in [0.25, 0.3) is 0 Å². The molecule has 2 rings (SSSR count).